The zero-order valence-corrected chi connectivity index (χ0v) is 22.9. The van der Waals surface area contributed by atoms with Crippen molar-refractivity contribution in [3.63, 3.8) is 0 Å². The second kappa shape index (κ2) is 11.5. The normalized spacial score (nSPS) is 15.3. The van der Waals surface area contributed by atoms with Gasteiger partial charge in [-0.15, -0.1) is 0 Å². The Kier molecular flexibility index (Phi) is 8.56. The van der Waals surface area contributed by atoms with E-state index in [9.17, 15) is 21.6 Å². The molecule has 1 fully saturated rings. The van der Waals surface area contributed by atoms with E-state index < -0.39 is 20.0 Å². The van der Waals surface area contributed by atoms with Crippen molar-refractivity contribution < 1.29 is 30.8 Å². The van der Waals surface area contributed by atoms with E-state index in [0.717, 1.165) is 11.8 Å². The standard InChI is InChI=1S/C23H28N4O7S3/c1-3-26(4-2)36(29,30)19-8-9-21-20(15-19)25-23(34-21)35-16-22(28)24-17-6-5-7-18(14-17)37(31,32)27-10-12-33-13-11-27/h5-9,14-15H,3-4,10-13,16H2,1-2H3,(H,24,28). The number of thioether (sulfide) groups is 1. The SMILES string of the molecule is CCN(CC)S(=O)(=O)c1ccc2oc(SCC(=O)Nc3cccc(S(=O)(=O)N4CCOCC4)c3)nc2c1. The Bertz CT molecular complexity index is 1480. The molecule has 4 rings (SSSR count). The fraction of sp³-hybridized carbons (Fsp3) is 0.391. The smallest absolute Gasteiger partial charge is 0.257 e. The number of hydrogen-bond donors (Lipinski definition) is 1. The average Bonchev–Trinajstić information content (AvgIpc) is 3.31. The van der Waals surface area contributed by atoms with Crippen LogP contribution < -0.4 is 5.32 Å². The lowest BCUT2D eigenvalue weighted by Crippen LogP contribution is -2.40. The Morgan fingerprint density at radius 2 is 1.78 bits per heavy atom. The predicted molar refractivity (Wildman–Crippen MR) is 139 cm³/mol. The molecule has 1 aromatic heterocycles. The Labute approximate surface area is 220 Å². The Balaban J connectivity index is 1.41. The van der Waals surface area contributed by atoms with Gasteiger partial charge in [-0.05, 0) is 36.4 Å². The number of anilines is 1. The molecule has 200 valence electrons. The van der Waals surface area contributed by atoms with Crippen LogP contribution >= 0.6 is 11.8 Å². The molecule has 0 aliphatic carbocycles. The monoisotopic (exact) mass is 568 g/mol. The number of carbonyl (C=O) groups is 1. The zero-order chi connectivity index (χ0) is 26.6. The van der Waals surface area contributed by atoms with E-state index >= 15 is 0 Å². The van der Waals surface area contributed by atoms with Crippen LogP contribution in [0.3, 0.4) is 0 Å². The molecule has 2 heterocycles. The molecule has 2 aromatic carbocycles. The van der Waals surface area contributed by atoms with Crippen molar-refractivity contribution in [2.75, 3.05) is 50.5 Å². The Morgan fingerprint density at radius 3 is 2.49 bits per heavy atom. The van der Waals surface area contributed by atoms with Gasteiger partial charge in [0, 0.05) is 31.9 Å². The molecular weight excluding hydrogens is 540 g/mol. The number of oxazole rings is 1. The minimum absolute atomic E-state index is 0.0438. The number of nitrogens with one attached hydrogen (secondary N) is 1. The van der Waals surface area contributed by atoms with Crippen LogP contribution in [-0.2, 0) is 29.6 Å². The first-order chi connectivity index (χ1) is 17.6. The third kappa shape index (κ3) is 6.16. The van der Waals surface area contributed by atoms with Gasteiger partial charge >= 0.3 is 0 Å². The maximum atomic E-state index is 12.9. The van der Waals surface area contributed by atoms with Gasteiger partial charge in [0.05, 0.1) is 28.8 Å². The van der Waals surface area contributed by atoms with Crippen LogP contribution in [0.25, 0.3) is 11.1 Å². The van der Waals surface area contributed by atoms with Crippen molar-refractivity contribution in [2.45, 2.75) is 28.9 Å². The highest BCUT2D eigenvalue weighted by Crippen LogP contribution is 2.27. The summed E-state index contributed by atoms with van der Waals surface area (Å²) in [5.41, 5.74) is 1.13. The van der Waals surface area contributed by atoms with Gasteiger partial charge in [0.1, 0.15) is 5.52 Å². The second-order valence-corrected chi connectivity index (χ2v) is 12.9. The van der Waals surface area contributed by atoms with Crippen molar-refractivity contribution in [1.82, 2.24) is 13.6 Å². The molecule has 0 spiro atoms. The lowest BCUT2D eigenvalue weighted by atomic mass is 10.3. The van der Waals surface area contributed by atoms with E-state index in [1.807, 2.05) is 0 Å². The van der Waals surface area contributed by atoms with Crippen molar-refractivity contribution in [2.24, 2.45) is 0 Å². The summed E-state index contributed by atoms with van der Waals surface area (Å²) in [6.45, 7) is 5.50. The molecule has 37 heavy (non-hydrogen) atoms. The minimum Gasteiger partial charge on any atom is -0.431 e. The van der Waals surface area contributed by atoms with Crippen LogP contribution in [0, 0.1) is 0 Å². The molecule has 1 saturated heterocycles. The van der Waals surface area contributed by atoms with Crippen molar-refractivity contribution in [3.8, 4) is 0 Å². The lowest BCUT2D eigenvalue weighted by Gasteiger charge is -2.26. The number of aromatic nitrogens is 1. The van der Waals surface area contributed by atoms with Gasteiger partial charge in [0.15, 0.2) is 5.58 Å². The average molecular weight is 569 g/mol. The molecule has 1 aliphatic heterocycles. The number of carbonyl (C=O) groups excluding carboxylic acids is 1. The van der Waals surface area contributed by atoms with Crippen LogP contribution in [0.4, 0.5) is 5.69 Å². The lowest BCUT2D eigenvalue weighted by molar-refractivity contribution is -0.113. The van der Waals surface area contributed by atoms with E-state index in [1.165, 1.54) is 32.9 Å². The van der Waals surface area contributed by atoms with Gasteiger partial charge in [-0.2, -0.15) is 8.61 Å². The Hall–Kier alpha value is -2.49. The minimum atomic E-state index is -3.69. The summed E-state index contributed by atoms with van der Waals surface area (Å²) in [6, 6.07) is 10.6. The maximum Gasteiger partial charge on any atom is 0.257 e. The molecule has 0 atom stereocenters. The van der Waals surface area contributed by atoms with E-state index in [2.05, 4.69) is 10.3 Å². The number of sulfonamides is 2. The number of morpholine rings is 1. The van der Waals surface area contributed by atoms with Crippen molar-refractivity contribution in [1.29, 1.82) is 0 Å². The largest absolute Gasteiger partial charge is 0.431 e. The predicted octanol–water partition coefficient (Wildman–Crippen LogP) is 2.61. The number of ether oxygens (including phenoxy) is 1. The topological polar surface area (TPSA) is 139 Å². The van der Waals surface area contributed by atoms with Crippen molar-refractivity contribution >= 4 is 54.5 Å². The molecule has 1 amide bonds. The summed E-state index contributed by atoms with van der Waals surface area (Å²) in [5.74, 6) is -0.421. The molecule has 0 saturated carbocycles. The van der Waals surface area contributed by atoms with E-state index in [4.69, 9.17) is 9.15 Å². The molecule has 0 radical (unpaired) electrons. The van der Waals surface area contributed by atoms with Gasteiger partial charge in [-0.3, -0.25) is 4.79 Å². The number of hydrogen-bond acceptors (Lipinski definition) is 9. The van der Waals surface area contributed by atoms with Crippen LogP contribution in [-0.4, -0.2) is 81.5 Å². The summed E-state index contributed by atoms with van der Waals surface area (Å²) in [7, 11) is -7.32. The Morgan fingerprint density at radius 1 is 1.05 bits per heavy atom. The van der Waals surface area contributed by atoms with Gasteiger partial charge in [-0.25, -0.2) is 21.8 Å². The summed E-state index contributed by atoms with van der Waals surface area (Å²) >= 11 is 1.04. The third-order valence-corrected chi connectivity index (χ3v) is 10.5. The molecular formula is C23H28N4O7S3. The highest BCUT2D eigenvalue weighted by molar-refractivity contribution is 7.99. The molecule has 0 bridgehead atoms. The second-order valence-electron chi connectivity index (χ2n) is 8.08. The first kappa shape index (κ1) is 27.5. The molecule has 1 N–H and O–H groups in total. The number of amides is 1. The number of benzene rings is 2. The quantitative estimate of drug-likeness (QED) is 0.366. The van der Waals surface area contributed by atoms with Gasteiger partial charge in [0.25, 0.3) is 5.22 Å². The highest BCUT2D eigenvalue weighted by Gasteiger charge is 2.27. The number of nitrogens with zero attached hydrogens (tertiary/aromatic N) is 3. The van der Waals surface area contributed by atoms with Crippen LogP contribution in [0.5, 0.6) is 0 Å². The van der Waals surface area contributed by atoms with Crippen LogP contribution in [0.15, 0.2) is 61.9 Å². The van der Waals surface area contributed by atoms with E-state index in [1.54, 1.807) is 32.0 Å². The molecule has 0 unspecified atom stereocenters. The highest BCUT2D eigenvalue weighted by atomic mass is 32.2. The number of fused-ring (bicyclic) bond motifs is 1. The summed E-state index contributed by atoms with van der Waals surface area (Å²) in [6.07, 6.45) is 0. The van der Waals surface area contributed by atoms with Gasteiger partial charge in [0.2, 0.25) is 26.0 Å². The maximum absolute atomic E-state index is 12.9. The van der Waals surface area contributed by atoms with Gasteiger partial charge in [-0.1, -0.05) is 31.7 Å². The molecule has 3 aromatic rings. The van der Waals surface area contributed by atoms with Crippen LogP contribution in [0.1, 0.15) is 13.8 Å². The van der Waals surface area contributed by atoms with E-state index in [0.29, 0.717) is 43.1 Å². The first-order valence-corrected chi connectivity index (χ1v) is 15.5. The molecule has 14 heteroatoms. The van der Waals surface area contributed by atoms with Crippen LogP contribution in [0.2, 0.25) is 0 Å². The van der Waals surface area contributed by atoms with E-state index in [-0.39, 0.29) is 39.8 Å². The first-order valence-electron chi connectivity index (χ1n) is 11.7. The number of rotatable bonds is 10. The fourth-order valence-corrected chi connectivity index (χ4v) is 7.39. The third-order valence-electron chi connectivity index (χ3n) is 5.73. The summed E-state index contributed by atoms with van der Waals surface area (Å²) in [4.78, 5) is 17.1. The molecule has 11 nitrogen and oxygen atoms in total. The van der Waals surface area contributed by atoms with Gasteiger partial charge < -0.3 is 14.5 Å². The zero-order valence-electron chi connectivity index (χ0n) is 20.4. The summed E-state index contributed by atoms with van der Waals surface area (Å²) in [5, 5.41) is 2.91. The fourth-order valence-electron chi connectivity index (χ4n) is 3.82. The summed E-state index contributed by atoms with van der Waals surface area (Å²) < 4.78 is 64.9. The molecule has 1 aliphatic rings. The van der Waals surface area contributed by atoms with Crippen molar-refractivity contribution in [3.05, 3.63) is 42.5 Å².